The highest BCUT2D eigenvalue weighted by Gasteiger charge is 2.33. The minimum absolute atomic E-state index is 0.370. The van der Waals surface area contributed by atoms with Gasteiger partial charge in [0.1, 0.15) is 5.82 Å². The summed E-state index contributed by atoms with van der Waals surface area (Å²) in [5, 5.41) is 0. The SMILES string of the molecule is O=C=NCCC(F)(F)c1ccccc1F. The second-order valence-electron chi connectivity index (χ2n) is 2.91. The van der Waals surface area contributed by atoms with Crippen LogP contribution in [0, 0.1) is 5.82 Å². The maximum absolute atomic E-state index is 13.3. The molecule has 0 atom stereocenters. The molecule has 0 saturated carbocycles. The van der Waals surface area contributed by atoms with Crippen molar-refractivity contribution < 1.29 is 18.0 Å². The molecule has 0 radical (unpaired) electrons. The minimum atomic E-state index is -3.31. The quantitative estimate of drug-likeness (QED) is 0.560. The van der Waals surface area contributed by atoms with Crippen molar-refractivity contribution >= 4 is 6.08 Å². The van der Waals surface area contributed by atoms with Crippen LogP contribution in [0.4, 0.5) is 13.2 Å². The molecular formula is C10H8F3NO. The Morgan fingerprint density at radius 1 is 1.33 bits per heavy atom. The van der Waals surface area contributed by atoms with E-state index in [0.717, 1.165) is 18.2 Å². The summed E-state index contributed by atoms with van der Waals surface area (Å²) in [6, 6.07) is 4.64. The summed E-state index contributed by atoms with van der Waals surface area (Å²) in [4.78, 5) is 12.7. The maximum Gasteiger partial charge on any atom is 0.277 e. The zero-order valence-electron chi connectivity index (χ0n) is 7.71. The van der Waals surface area contributed by atoms with Gasteiger partial charge in [-0.15, -0.1) is 0 Å². The second kappa shape index (κ2) is 4.75. The van der Waals surface area contributed by atoms with Crippen LogP contribution in [0.15, 0.2) is 29.3 Å². The van der Waals surface area contributed by atoms with Crippen molar-refractivity contribution in [2.24, 2.45) is 4.99 Å². The molecule has 80 valence electrons. The van der Waals surface area contributed by atoms with E-state index in [0.29, 0.717) is 0 Å². The molecule has 1 aromatic rings. The summed E-state index contributed by atoms with van der Waals surface area (Å²) in [5.74, 6) is -4.27. The minimum Gasteiger partial charge on any atom is -0.211 e. The number of benzene rings is 1. The van der Waals surface area contributed by atoms with Gasteiger partial charge in [0.15, 0.2) is 0 Å². The monoisotopic (exact) mass is 215 g/mol. The van der Waals surface area contributed by atoms with E-state index >= 15 is 0 Å². The Balaban J connectivity index is 2.85. The van der Waals surface area contributed by atoms with Gasteiger partial charge in [-0.3, -0.25) is 0 Å². The van der Waals surface area contributed by atoms with Gasteiger partial charge in [-0.05, 0) is 6.07 Å². The fraction of sp³-hybridized carbons (Fsp3) is 0.300. The molecule has 0 aromatic heterocycles. The van der Waals surface area contributed by atoms with Crippen LogP contribution >= 0.6 is 0 Å². The van der Waals surface area contributed by atoms with E-state index in [2.05, 4.69) is 4.99 Å². The van der Waals surface area contributed by atoms with Crippen LogP contribution in [0.2, 0.25) is 0 Å². The summed E-state index contributed by atoms with van der Waals surface area (Å²) >= 11 is 0. The topological polar surface area (TPSA) is 29.4 Å². The van der Waals surface area contributed by atoms with Crippen LogP contribution in [0.3, 0.4) is 0 Å². The Labute approximate surface area is 84.4 Å². The molecular weight excluding hydrogens is 207 g/mol. The van der Waals surface area contributed by atoms with Crippen molar-refractivity contribution in [2.75, 3.05) is 6.54 Å². The van der Waals surface area contributed by atoms with E-state index in [1.165, 1.54) is 12.1 Å². The van der Waals surface area contributed by atoms with Crippen molar-refractivity contribution in [3.8, 4) is 0 Å². The highest BCUT2D eigenvalue weighted by atomic mass is 19.3. The van der Waals surface area contributed by atoms with Crippen LogP contribution in [0.5, 0.6) is 0 Å². The van der Waals surface area contributed by atoms with E-state index in [1.807, 2.05) is 0 Å². The van der Waals surface area contributed by atoms with Crippen LogP contribution in [-0.2, 0) is 10.7 Å². The van der Waals surface area contributed by atoms with E-state index in [-0.39, 0.29) is 6.54 Å². The number of nitrogens with zero attached hydrogens (tertiary/aromatic N) is 1. The lowest BCUT2D eigenvalue weighted by Crippen LogP contribution is -2.16. The molecule has 0 saturated heterocycles. The predicted octanol–water partition coefficient (Wildman–Crippen LogP) is 2.64. The number of carbonyl (C=O) groups excluding carboxylic acids is 1. The van der Waals surface area contributed by atoms with Crippen LogP contribution in [-0.4, -0.2) is 12.6 Å². The van der Waals surface area contributed by atoms with Gasteiger partial charge in [-0.25, -0.2) is 23.0 Å². The first-order chi connectivity index (χ1) is 7.08. The fourth-order valence-corrected chi connectivity index (χ4v) is 1.13. The van der Waals surface area contributed by atoms with Gasteiger partial charge in [-0.1, -0.05) is 18.2 Å². The van der Waals surface area contributed by atoms with Crippen LogP contribution in [0.25, 0.3) is 0 Å². The first kappa shape index (κ1) is 11.5. The standard InChI is InChI=1S/C10H8F3NO/c11-9-4-2-1-3-8(9)10(12,13)5-6-14-7-15/h1-4H,5-6H2. The lowest BCUT2D eigenvalue weighted by atomic mass is 10.1. The molecule has 1 aromatic carbocycles. The molecule has 0 fully saturated rings. The number of hydrogen-bond donors (Lipinski definition) is 0. The summed E-state index contributed by atoms with van der Waals surface area (Å²) < 4.78 is 39.6. The van der Waals surface area contributed by atoms with Gasteiger partial charge in [0.2, 0.25) is 6.08 Å². The molecule has 15 heavy (non-hydrogen) atoms. The Morgan fingerprint density at radius 2 is 2.00 bits per heavy atom. The average molecular weight is 215 g/mol. The van der Waals surface area contributed by atoms with E-state index < -0.39 is 23.7 Å². The van der Waals surface area contributed by atoms with Gasteiger partial charge in [0, 0.05) is 6.42 Å². The first-order valence-corrected chi connectivity index (χ1v) is 4.24. The summed E-state index contributed by atoms with van der Waals surface area (Å²) in [7, 11) is 0. The van der Waals surface area contributed by atoms with Gasteiger partial charge in [-0.2, -0.15) is 0 Å². The molecule has 1 rings (SSSR count). The van der Waals surface area contributed by atoms with Crippen molar-refractivity contribution in [2.45, 2.75) is 12.3 Å². The zero-order chi connectivity index (χ0) is 11.3. The second-order valence-corrected chi connectivity index (χ2v) is 2.91. The molecule has 5 heteroatoms. The molecule has 2 nitrogen and oxygen atoms in total. The van der Waals surface area contributed by atoms with Crippen molar-refractivity contribution in [1.82, 2.24) is 0 Å². The first-order valence-electron chi connectivity index (χ1n) is 4.24. The largest absolute Gasteiger partial charge is 0.277 e. The number of isocyanates is 1. The highest BCUT2D eigenvalue weighted by Crippen LogP contribution is 2.33. The molecule has 0 N–H and O–H groups in total. The lowest BCUT2D eigenvalue weighted by Gasteiger charge is -2.15. The molecule has 0 unspecified atom stereocenters. The highest BCUT2D eigenvalue weighted by molar-refractivity contribution is 5.32. The molecule has 0 aliphatic heterocycles. The Morgan fingerprint density at radius 3 is 2.60 bits per heavy atom. The van der Waals surface area contributed by atoms with Crippen molar-refractivity contribution in [3.63, 3.8) is 0 Å². The third kappa shape index (κ3) is 2.92. The Kier molecular flexibility index (Phi) is 3.63. The van der Waals surface area contributed by atoms with Crippen LogP contribution < -0.4 is 0 Å². The number of hydrogen-bond acceptors (Lipinski definition) is 2. The number of aliphatic imine (C=N–C) groups is 1. The van der Waals surface area contributed by atoms with Gasteiger partial charge in [0.25, 0.3) is 5.92 Å². The van der Waals surface area contributed by atoms with Gasteiger partial charge >= 0.3 is 0 Å². The predicted molar refractivity (Wildman–Crippen MR) is 47.9 cm³/mol. The smallest absolute Gasteiger partial charge is 0.211 e. The molecule has 0 bridgehead atoms. The Bertz CT molecular complexity index is 386. The molecule has 0 aliphatic rings. The van der Waals surface area contributed by atoms with Crippen molar-refractivity contribution in [3.05, 3.63) is 35.6 Å². The van der Waals surface area contributed by atoms with Gasteiger partial charge < -0.3 is 0 Å². The zero-order valence-corrected chi connectivity index (χ0v) is 7.71. The normalized spacial score (nSPS) is 10.9. The molecule has 0 aliphatic carbocycles. The number of rotatable bonds is 4. The third-order valence-electron chi connectivity index (χ3n) is 1.87. The van der Waals surface area contributed by atoms with Crippen molar-refractivity contribution in [1.29, 1.82) is 0 Å². The summed E-state index contributed by atoms with van der Waals surface area (Å²) in [6.07, 6.45) is 0.449. The fourth-order valence-electron chi connectivity index (χ4n) is 1.13. The molecule has 0 amide bonds. The number of alkyl halides is 2. The third-order valence-corrected chi connectivity index (χ3v) is 1.87. The van der Waals surface area contributed by atoms with E-state index in [9.17, 15) is 18.0 Å². The molecule has 0 heterocycles. The number of halogens is 3. The van der Waals surface area contributed by atoms with E-state index in [1.54, 1.807) is 0 Å². The lowest BCUT2D eigenvalue weighted by molar-refractivity contribution is -0.0139. The Hall–Kier alpha value is -1.61. The average Bonchev–Trinajstić information content (AvgIpc) is 2.18. The summed E-state index contributed by atoms with van der Waals surface area (Å²) in [6.45, 7) is -0.370. The molecule has 0 spiro atoms. The van der Waals surface area contributed by atoms with Gasteiger partial charge in [0.05, 0.1) is 12.1 Å². The maximum atomic E-state index is 13.3. The summed E-state index contributed by atoms with van der Waals surface area (Å²) in [5.41, 5.74) is -0.675. The van der Waals surface area contributed by atoms with Crippen LogP contribution in [0.1, 0.15) is 12.0 Å². The van der Waals surface area contributed by atoms with E-state index in [4.69, 9.17) is 0 Å².